The quantitative estimate of drug-likeness (QED) is 0.0235. The van der Waals surface area contributed by atoms with Gasteiger partial charge in [-0.3, -0.25) is 18.6 Å². The van der Waals surface area contributed by atoms with Gasteiger partial charge >= 0.3 is 19.8 Å². The number of hydrogen-bond acceptors (Lipinski definition) is 9. The lowest BCUT2D eigenvalue weighted by Crippen LogP contribution is -2.29. The zero-order chi connectivity index (χ0) is 41.9. The highest BCUT2D eigenvalue weighted by Crippen LogP contribution is 2.43. The molecule has 10 nitrogen and oxygen atoms in total. The first-order valence-corrected chi connectivity index (χ1v) is 24.4. The van der Waals surface area contributed by atoms with Crippen molar-refractivity contribution in [2.24, 2.45) is 0 Å². The Hall–Kier alpha value is -1.81. The lowest BCUT2D eigenvalue weighted by atomic mass is 10.0. The van der Waals surface area contributed by atoms with E-state index in [-0.39, 0.29) is 19.4 Å². The number of ether oxygens (including phenoxy) is 2. The molecule has 0 saturated carbocycles. The van der Waals surface area contributed by atoms with Gasteiger partial charge in [0.1, 0.15) is 12.7 Å². The van der Waals surface area contributed by atoms with Gasteiger partial charge in [-0.1, -0.05) is 179 Å². The molecule has 57 heavy (non-hydrogen) atoms. The summed E-state index contributed by atoms with van der Waals surface area (Å²) in [5.74, 6) is -0.927. The van der Waals surface area contributed by atoms with Crippen molar-refractivity contribution in [2.75, 3.05) is 26.4 Å². The summed E-state index contributed by atoms with van der Waals surface area (Å²) in [5.41, 5.74) is 0. The van der Waals surface area contributed by atoms with Gasteiger partial charge in [0.2, 0.25) is 0 Å². The third-order valence-electron chi connectivity index (χ3n) is 9.80. The molecule has 11 heteroatoms. The molecule has 0 aromatic heterocycles. The number of carbonyl (C=O) groups excluding carboxylic acids is 2. The van der Waals surface area contributed by atoms with Crippen LogP contribution in [0.25, 0.3) is 0 Å². The maximum Gasteiger partial charge on any atom is 0.472 e. The van der Waals surface area contributed by atoms with Crippen molar-refractivity contribution in [3.8, 4) is 0 Å². The molecule has 0 spiro atoms. The molecule has 0 saturated heterocycles. The Morgan fingerprint density at radius 2 is 0.912 bits per heavy atom. The molecular weight excluding hydrogens is 743 g/mol. The van der Waals surface area contributed by atoms with Crippen molar-refractivity contribution < 1.29 is 47.8 Å². The van der Waals surface area contributed by atoms with Crippen LogP contribution >= 0.6 is 7.82 Å². The fraction of sp³-hybridized carbons (Fsp3) is 0.826. The number of allylic oxidation sites excluding steroid dienone is 6. The Kier molecular flexibility index (Phi) is 41.0. The van der Waals surface area contributed by atoms with Crippen molar-refractivity contribution >= 4 is 19.8 Å². The molecule has 0 fully saturated rings. The first-order chi connectivity index (χ1) is 27.7. The van der Waals surface area contributed by atoms with E-state index in [0.29, 0.717) is 12.8 Å². The summed E-state index contributed by atoms with van der Waals surface area (Å²) in [5, 5.41) is 18.3. The van der Waals surface area contributed by atoms with Gasteiger partial charge in [-0.25, -0.2) is 4.57 Å². The molecule has 0 bridgehead atoms. The smallest absolute Gasteiger partial charge is 0.462 e. The predicted octanol–water partition coefficient (Wildman–Crippen LogP) is 12.3. The number of phosphoric acid groups is 1. The second-order valence-corrected chi connectivity index (χ2v) is 16.9. The number of phosphoric ester groups is 1. The maximum atomic E-state index is 12.6. The molecule has 3 N–H and O–H groups in total. The van der Waals surface area contributed by atoms with Gasteiger partial charge in [0.05, 0.1) is 19.8 Å². The van der Waals surface area contributed by atoms with E-state index in [9.17, 15) is 24.2 Å². The van der Waals surface area contributed by atoms with Crippen LogP contribution in [0.1, 0.15) is 206 Å². The van der Waals surface area contributed by atoms with Crippen LogP contribution in [0.4, 0.5) is 0 Å². The van der Waals surface area contributed by atoms with Gasteiger partial charge in [-0.05, 0) is 51.4 Å². The molecule has 334 valence electrons. The monoisotopic (exact) mass is 829 g/mol. The van der Waals surface area contributed by atoms with Gasteiger partial charge in [-0.15, -0.1) is 0 Å². The summed E-state index contributed by atoms with van der Waals surface area (Å²) in [6.45, 7) is 2.36. The van der Waals surface area contributed by atoms with Crippen molar-refractivity contribution in [3.63, 3.8) is 0 Å². The SMILES string of the molecule is CCCCC/C=C\C/C=C\C/C=C\CCCCCCCCCCC(=O)OC[C@H](COP(=O)(O)OC[C@@H](O)CO)OC(=O)CCCCCCCCCCCCCCC. The Morgan fingerprint density at radius 3 is 1.40 bits per heavy atom. The minimum atomic E-state index is -4.62. The van der Waals surface area contributed by atoms with Gasteiger partial charge in [0.25, 0.3) is 0 Å². The number of hydrogen-bond donors (Lipinski definition) is 3. The fourth-order valence-corrected chi connectivity index (χ4v) is 7.03. The van der Waals surface area contributed by atoms with E-state index in [2.05, 4.69) is 50.3 Å². The van der Waals surface area contributed by atoms with E-state index < -0.39 is 51.8 Å². The lowest BCUT2D eigenvalue weighted by molar-refractivity contribution is -0.161. The summed E-state index contributed by atoms with van der Waals surface area (Å²) >= 11 is 0. The molecule has 0 rings (SSSR count). The molecule has 0 radical (unpaired) electrons. The van der Waals surface area contributed by atoms with E-state index in [1.165, 1.54) is 109 Å². The normalized spacial score (nSPS) is 14.1. The Balaban J connectivity index is 4.22. The molecule has 0 amide bonds. The third-order valence-corrected chi connectivity index (χ3v) is 10.7. The van der Waals surface area contributed by atoms with Crippen molar-refractivity contribution in [1.29, 1.82) is 0 Å². The first-order valence-electron chi connectivity index (χ1n) is 22.9. The largest absolute Gasteiger partial charge is 0.472 e. The van der Waals surface area contributed by atoms with E-state index in [0.717, 1.165) is 57.8 Å². The van der Waals surface area contributed by atoms with Gasteiger partial charge in [0.15, 0.2) is 6.10 Å². The molecule has 0 heterocycles. The summed E-state index contributed by atoms with van der Waals surface area (Å²) < 4.78 is 32.7. The average Bonchev–Trinajstić information content (AvgIpc) is 3.20. The van der Waals surface area contributed by atoms with E-state index in [4.69, 9.17) is 23.6 Å². The van der Waals surface area contributed by atoms with Gasteiger partial charge in [-0.2, -0.15) is 0 Å². The molecule has 3 atom stereocenters. The fourth-order valence-electron chi connectivity index (χ4n) is 6.24. The highest BCUT2D eigenvalue weighted by atomic mass is 31.2. The molecule has 1 unspecified atom stereocenters. The molecule has 0 aromatic carbocycles. The van der Waals surface area contributed by atoms with Crippen LogP contribution in [-0.2, 0) is 32.7 Å². The number of unbranched alkanes of at least 4 members (excludes halogenated alkanes) is 23. The number of rotatable bonds is 43. The number of carbonyl (C=O) groups is 2. The lowest BCUT2D eigenvalue weighted by Gasteiger charge is -2.20. The highest BCUT2D eigenvalue weighted by Gasteiger charge is 2.27. The zero-order valence-corrected chi connectivity index (χ0v) is 37.2. The van der Waals surface area contributed by atoms with Crippen LogP contribution < -0.4 is 0 Å². The summed E-state index contributed by atoms with van der Waals surface area (Å²) in [7, 11) is -4.62. The van der Waals surface area contributed by atoms with Gasteiger partial charge < -0.3 is 24.6 Å². The van der Waals surface area contributed by atoms with Crippen LogP contribution in [-0.4, -0.2) is 65.7 Å². The van der Waals surface area contributed by atoms with Crippen molar-refractivity contribution in [3.05, 3.63) is 36.5 Å². The summed E-state index contributed by atoms with van der Waals surface area (Å²) in [4.78, 5) is 35.0. The highest BCUT2D eigenvalue weighted by molar-refractivity contribution is 7.47. The summed E-state index contributed by atoms with van der Waals surface area (Å²) in [6, 6.07) is 0. The number of esters is 2. The average molecular weight is 829 g/mol. The van der Waals surface area contributed by atoms with Crippen LogP contribution in [0, 0.1) is 0 Å². The molecule has 0 aromatic rings. The van der Waals surface area contributed by atoms with Crippen LogP contribution in [0.15, 0.2) is 36.5 Å². The minimum Gasteiger partial charge on any atom is -0.462 e. The van der Waals surface area contributed by atoms with Crippen LogP contribution in [0.2, 0.25) is 0 Å². The standard InChI is InChI=1S/C46H85O10P/c1-3-5-7-9-11-13-15-17-18-19-20-21-22-23-24-26-27-29-31-33-35-37-45(49)53-41-44(42-55-57(51,52)54-40-43(48)39-47)56-46(50)38-36-34-32-30-28-25-16-14-12-10-8-6-4-2/h11,13,17-18,20-21,43-44,47-48H,3-10,12,14-16,19,22-42H2,1-2H3,(H,51,52)/b13-11-,18-17-,21-20-/t43-,44+/m0/s1. The Bertz CT molecular complexity index is 1050. The van der Waals surface area contributed by atoms with Crippen molar-refractivity contribution in [2.45, 2.75) is 219 Å². The summed E-state index contributed by atoms with van der Waals surface area (Å²) in [6.07, 6.45) is 43.9. The predicted molar refractivity (Wildman–Crippen MR) is 233 cm³/mol. The topological polar surface area (TPSA) is 149 Å². The van der Waals surface area contributed by atoms with Crippen LogP contribution in [0.3, 0.4) is 0 Å². The Morgan fingerprint density at radius 1 is 0.526 bits per heavy atom. The maximum absolute atomic E-state index is 12.6. The second kappa shape index (κ2) is 42.3. The van der Waals surface area contributed by atoms with E-state index >= 15 is 0 Å². The number of aliphatic hydroxyl groups excluding tert-OH is 2. The van der Waals surface area contributed by atoms with Crippen molar-refractivity contribution in [1.82, 2.24) is 0 Å². The molecular formula is C46H85O10P. The van der Waals surface area contributed by atoms with Gasteiger partial charge in [0, 0.05) is 12.8 Å². The molecule has 0 aliphatic heterocycles. The second-order valence-electron chi connectivity index (χ2n) is 15.4. The molecule has 0 aliphatic rings. The molecule has 0 aliphatic carbocycles. The van der Waals surface area contributed by atoms with Crippen LogP contribution in [0.5, 0.6) is 0 Å². The Labute approximate surface area is 348 Å². The zero-order valence-electron chi connectivity index (χ0n) is 36.3. The third kappa shape index (κ3) is 42.1. The number of aliphatic hydroxyl groups is 2. The van der Waals surface area contributed by atoms with E-state index in [1.54, 1.807) is 0 Å². The minimum absolute atomic E-state index is 0.185. The van der Waals surface area contributed by atoms with E-state index in [1.807, 2.05) is 0 Å². The first kappa shape index (κ1) is 55.2.